The second-order valence-corrected chi connectivity index (χ2v) is 9.12. The molecule has 0 radical (unpaired) electrons. The summed E-state index contributed by atoms with van der Waals surface area (Å²) < 4.78 is 14.7. The van der Waals surface area contributed by atoms with E-state index in [-0.39, 0.29) is 13.2 Å². The topological polar surface area (TPSA) is 50.2 Å². The fourth-order valence-corrected chi connectivity index (χ4v) is 5.00. The van der Waals surface area contributed by atoms with Gasteiger partial charge in [0.2, 0.25) is 5.95 Å². The van der Waals surface area contributed by atoms with Gasteiger partial charge in [0.1, 0.15) is 11.5 Å². The molecule has 1 N–H and O–H groups in total. The number of hydrogen-bond donors (Lipinski definition) is 1. The molecule has 1 atom stereocenters. The van der Waals surface area contributed by atoms with Gasteiger partial charge in [-0.25, -0.2) is 14.4 Å². The van der Waals surface area contributed by atoms with Crippen LogP contribution in [0.2, 0.25) is 0 Å². The summed E-state index contributed by atoms with van der Waals surface area (Å²) in [7, 11) is 1.80. The molecular weight excluding hydrogens is 411 g/mol. The van der Waals surface area contributed by atoms with Gasteiger partial charge in [-0.05, 0) is 41.7 Å². The molecule has 1 aliphatic heterocycles. The molecule has 2 aromatic rings. The van der Waals surface area contributed by atoms with Crippen molar-refractivity contribution in [1.29, 1.82) is 0 Å². The number of anilines is 1. The second kappa shape index (κ2) is 11.5. The van der Waals surface area contributed by atoms with Gasteiger partial charge < -0.3 is 5.32 Å². The van der Waals surface area contributed by atoms with E-state index in [4.69, 9.17) is 0 Å². The first-order chi connectivity index (χ1) is 16.0. The van der Waals surface area contributed by atoms with Crippen LogP contribution in [0.3, 0.4) is 0 Å². The van der Waals surface area contributed by atoms with Crippen LogP contribution in [0.15, 0.2) is 29.4 Å². The number of rotatable bonds is 3. The highest BCUT2D eigenvalue weighted by Gasteiger charge is 2.31. The zero-order chi connectivity index (χ0) is 24.0. The molecule has 33 heavy (non-hydrogen) atoms. The van der Waals surface area contributed by atoms with Crippen molar-refractivity contribution < 1.29 is 5.82 Å². The van der Waals surface area contributed by atoms with Crippen LogP contribution in [-0.2, 0) is 6.42 Å². The fraction of sp³-hybridized carbons (Fsp3) is 0.536. The molecule has 1 aromatic heterocycles. The minimum Gasteiger partial charge on any atom is -0.357 e. The maximum atomic E-state index is 14.7. The summed E-state index contributed by atoms with van der Waals surface area (Å²) >= 11 is 0. The number of hydrogen-bond acceptors (Lipinski definition) is 4. The van der Waals surface area contributed by atoms with Gasteiger partial charge in [-0.3, -0.25) is 4.99 Å². The van der Waals surface area contributed by atoms with Crippen LogP contribution in [0.1, 0.15) is 103 Å². The summed E-state index contributed by atoms with van der Waals surface area (Å²) in [6.45, 7) is 10.3. The second-order valence-electron chi connectivity index (χ2n) is 9.12. The Hall–Kier alpha value is -2.56. The van der Waals surface area contributed by atoms with Gasteiger partial charge in [0.25, 0.3) is 0 Å². The van der Waals surface area contributed by atoms with Gasteiger partial charge in [-0.2, -0.15) is 0 Å². The van der Waals surface area contributed by atoms with E-state index in [2.05, 4.69) is 46.3 Å². The Morgan fingerprint density at radius 3 is 2.27 bits per heavy atom. The summed E-state index contributed by atoms with van der Waals surface area (Å²) in [6, 6.07) is 3.68. The highest BCUT2D eigenvalue weighted by Crippen LogP contribution is 2.44. The van der Waals surface area contributed by atoms with Crippen molar-refractivity contribution in [3.63, 3.8) is 0 Å². The van der Waals surface area contributed by atoms with Crippen molar-refractivity contribution in [2.75, 3.05) is 12.4 Å². The average molecular weight is 453 g/mol. The summed E-state index contributed by atoms with van der Waals surface area (Å²) in [5, 5.41) is 2.96. The molecule has 2 aliphatic carbocycles. The molecule has 180 valence electrons. The van der Waals surface area contributed by atoms with Crippen molar-refractivity contribution in [3.8, 4) is 0 Å². The molecule has 0 spiro atoms. The molecule has 5 heteroatoms. The van der Waals surface area contributed by atoms with Crippen LogP contribution in [0.4, 0.5) is 16.0 Å². The van der Waals surface area contributed by atoms with Crippen LogP contribution in [0.5, 0.6) is 0 Å². The molecule has 1 aromatic carbocycles. The Morgan fingerprint density at radius 1 is 1.06 bits per heavy atom. The molecule has 1 saturated carbocycles. The first-order valence-corrected chi connectivity index (χ1v) is 12.6. The average Bonchev–Trinajstić information content (AvgIpc) is 3.42. The van der Waals surface area contributed by atoms with Crippen molar-refractivity contribution in [2.24, 2.45) is 10.9 Å². The molecule has 0 amide bonds. The monoisotopic (exact) mass is 452 g/mol. The normalized spacial score (nSPS) is 18.2. The molecule has 0 saturated heterocycles. The molecule has 1 unspecified atom stereocenters. The predicted octanol–water partition coefficient (Wildman–Crippen LogP) is 8.10. The largest absolute Gasteiger partial charge is 0.357 e. The quantitative estimate of drug-likeness (QED) is 0.512. The van der Waals surface area contributed by atoms with E-state index in [1.54, 1.807) is 13.1 Å². The van der Waals surface area contributed by atoms with E-state index >= 15 is 0 Å². The van der Waals surface area contributed by atoms with Gasteiger partial charge in [-0.15, -0.1) is 0 Å². The number of nitrogens with zero attached hydrogens (tertiary/aromatic N) is 3. The van der Waals surface area contributed by atoms with E-state index in [0.29, 0.717) is 17.6 Å². The molecule has 3 aliphatic rings. The van der Waals surface area contributed by atoms with E-state index in [1.165, 1.54) is 38.5 Å². The Labute approximate surface area is 200 Å². The molecule has 0 bridgehead atoms. The number of nitrogens with one attached hydrogen (secondary N) is 1. The lowest BCUT2D eigenvalue weighted by atomic mass is 9.85. The zero-order valence-corrected chi connectivity index (χ0v) is 21.1. The lowest BCUT2D eigenvalue weighted by Gasteiger charge is -2.18. The molecular formula is C28H41FN4. The third-order valence-electron chi connectivity index (χ3n) is 6.52. The number of allylic oxidation sites excluding steroid dienone is 1. The van der Waals surface area contributed by atoms with Gasteiger partial charge in [-0.1, -0.05) is 72.3 Å². The fourth-order valence-electron chi connectivity index (χ4n) is 5.00. The standard InChI is InChI=1S/C20H21FN4.C6H12.C2H6.H2/c1-10(2)18-11(3)24-19-14(18)7-12(8-16(19)21)13-5-6-17-15(13)9-23-20(22-4)25-17;1-2-4-6-5-3-1;1-2;/h5,7-10,18H,6H2,1-4H3,(H,22,23,25);1-6H2;1-2H3;1H. The van der Waals surface area contributed by atoms with Crippen LogP contribution in [0, 0.1) is 11.7 Å². The van der Waals surface area contributed by atoms with Crippen LogP contribution in [0.25, 0.3) is 5.57 Å². The summed E-state index contributed by atoms with van der Waals surface area (Å²) in [4.78, 5) is 13.3. The summed E-state index contributed by atoms with van der Waals surface area (Å²) in [6.07, 6.45) is 13.7. The highest BCUT2D eigenvalue weighted by molar-refractivity contribution is 5.97. The van der Waals surface area contributed by atoms with E-state index in [1.807, 2.05) is 27.0 Å². The lowest BCUT2D eigenvalue weighted by Crippen LogP contribution is -2.11. The van der Waals surface area contributed by atoms with Crippen molar-refractivity contribution in [1.82, 2.24) is 9.97 Å². The van der Waals surface area contributed by atoms with Gasteiger partial charge >= 0.3 is 0 Å². The maximum absolute atomic E-state index is 14.7. The van der Waals surface area contributed by atoms with Crippen LogP contribution < -0.4 is 5.32 Å². The van der Waals surface area contributed by atoms with Gasteiger partial charge in [0, 0.05) is 38.3 Å². The Kier molecular flexibility index (Phi) is 8.76. The van der Waals surface area contributed by atoms with Gasteiger partial charge in [0.15, 0.2) is 0 Å². The maximum Gasteiger partial charge on any atom is 0.222 e. The number of halogens is 1. The number of aromatic nitrogens is 2. The highest BCUT2D eigenvalue weighted by atomic mass is 19.1. The molecule has 2 heterocycles. The van der Waals surface area contributed by atoms with Crippen molar-refractivity contribution >= 4 is 22.9 Å². The minimum atomic E-state index is -0.253. The zero-order valence-electron chi connectivity index (χ0n) is 21.1. The SMILES string of the molecule is C1CCCCC1.CC.CNc1ncc2c(n1)CC=C2c1cc(F)c2c(c1)C(C(C)C)C(C)=N2.[HH]. The van der Waals surface area contributed by atoms with E-state index < -0.39 is 0 Å². The van der Waals surface area contributed by atoms with E-state index in [9.17, 15) is 4.39 Å². The first-order valence-electron chi connectivity index (χ1n) is 12.6. The first kappa shape index (κ1) is 25.1. The predicted molar refractivity (Wildman–Crippen MR) is 140 cm³/mol. The van der Waals surface area contributed by atoms with Crippen LogP contribution >= 0.6 is 0 Å². The molecule has 4 nitrogen and oxygen atoms in total. The summed E-state index contributed by atoms with van der Waals surface area (Å²) in [5.41, 5.74) is 6.32. The summed E-state index contributed by atoms with van der Waals surface area (Å²) in [5.74, 6) is 0.911. The van der Waals surface area contributed by atoms with Gasteiger partial charge in [0.05, 0.1) is 5.69 Å². The third-order valence-corrected chi connectivity index (χ3v) is 6.52. The number of aliphatic imine (C=N–C) groups is 1. The Bertz CT molecular complexity index is 1010. The third kappa shape index (κ3) is 5.51. The molecule has 1 fully saturated rings. The number of benzene rings is 1. The Morgan fingerprint density at radius 2 is 1.70 bits per heavy atom. The molecule has 5 rings (SSSR count). The van der Waals surface area contributed by atoms with Crippen molar-refractivity contribution in [2.45, 2.75) is 85.5 Å². The van der Waals surface area contributed by atoms with E-state index in [0.717, 1.165) is 40.1 Å². The van der Waals surface area contributed by atoms with Crippen molar-refractivity contribution in [3.05, 3.63) is 52.6 Å². The number of fused-ring (bicyclic) bond motifs is 2. The van der Waals surface area contributed by atoms with Crippen LogP contribution in [-0.4, -0.2) is 22.7 Å². The smallest absolute Gasteiger partial charge is 0.222 e. The Balaban J connectivity index is 0.000000392. The lowest BCUT2D eigenvalue weighted by molar-refractivity contribution is 0.504. The minimum absolute atomic E-state index is 0.